The quantitative estimate of drug-likeness (QED) is 0.619. The highest BCUT2D eigenvalue weighted by Crippen LogP contribution is 2.59. The van der Waals surface area contributed by atoms with E-state index in [1.165, 1.54) is 31.1 Å². The van der Waals surface area contributed by atoms with Crippen molar-refractivity contribution in [2.24, 2.45) is 10.8 Å². The van der Waals surface area contributed by atoms with Crippen LogP contribution in [-0.4, -0.2) is 0 Å². The minimum absolute atomic E-state index is 0.570. The van der Waals surface area contributed by atoms with Crippen LogP contribution in [0.4, 0.5) is 0 Å². The van der Waals surface area contributed by atoms with E-state index in [4.69, 9.17) is 0 Å². The van der Waals surface area contributed by atoms with Gasteiger partial charge in [-0.2, -0.15) is 0 Å². The maximum Gasteiger partial charge on any atom is -0.0119 e. The molecule has 1 spiro atoms. The predicted molar refractivity (Wildman–Crippen MR) is 76.8 cm³/mol. The van der Waals surface area contributed by atoms with E-state index in [-0.39, 0.29) is 0 Å². The molecule has 0 heterocycles. The molecule has 0 saturated heterocycles. The second-order valence-corrected chi connectivity index (χ2v) is 7.30. The van der Waals surface area contributed by atoms with E-state index in [1.54, 1.807) is 16.5 Å². The molecule has 0 nitrogen and oxygen atoms in total. The van der Waals surface area contributed by atoms with Crippen LogP contribution in [0, 0.1) is 10.8 Å². The summed E-state index contributed by atoms with van der Waals surface area (Å²) in [4.78, 5) is 0. The Labute approximate surface area is 109 Å². The van der Waals surface area contributed by atoms with Crippen LogP contribution in [0.15, 0.2) is 36.4 Å². The standard InChI is InChI=1S/C18H20/c1-17(2)11-18(12-17)9-14-7-3-5-13-6-4-8-15(10-18)16(13)14/h3-8H,9-12H2,1-2H3. The monoisotopic (exact) mass is 236 g/mol. The van der Waals surface area contributed by atoms with E-state index in [0.717, 1.165) is 0 Å². The molecular formula is C18H20. The van der Waals surface area contributed by atoms with Crippen LogP contribution in [0.25, 0.3) is 10.8 Å². The molecule has 0 atom stereocenters. The summed E-state index contributed by atoms with van der Waals surface area (Å²) in [5, 5.41) is 2.98. The molecule has 0 unspecified atom stereocenters. The molecule has 0 heteroatoms. The summed E-state index contributed by atoms with van der Waals surface area (Å²) >= 11 is 0. The highest BCUT2D eigenvalue weighted by molar-refractivity contribution is 5.89. The lowest BCUT2D eigenvalue weighted by atomic mass is 9.49. The van der Waals surface area contributed by atoms with Gasteiger partial charge in [-0.15, -0.1) is 0 Å². The average molecular weight is 236 g/mol. The van der Waals surface area contributed by atoms with Gasteiger partial charge >= 0.3 is 0 Å². The summed E-state index contributed by atoms with van der Waals surface area (Å²) in [5.74, 6) is 0. The summed E-state index contributed by atoms with van der Waals surface area (Å²) in [6, 6.07) is 13.7. The molecule has 0 radical (unpaired) electrons. The van der Waals surface area contributed by atoms with Gasteiger partial charge in [0, 0.05) is 0 Å². The van der Waals surface area contributed by atoms with Gasteiger partial charge in [-0.1, -0.05) is 50.2 Å². The summed E-state index contributed by atoms with van der Waals surface area (Å²) in [5.41, 5.74) is 4.32. The first-order valence-electron chi connectivity index (χ1n) is 7.07. The van der Waals surface area contributed by atoms with Crippen molar-refractivity contribution in [1.29, 1.82) is 0 Å². The number of hydrogen-bond acceptors (Lipinski definition) is 0. The molecule has 2 aliphatic rings. The van der Waals surface area contributed by atoms with Crippen LogP contribution >= 0.6 is 0 Å². The van der Waals surface area contributed by atoms with Crippen molar-refractivity contribution in [3.8, 4) is 0 Å². The van der Waals surface area contributed by atoms with E-state index in [0.29, 0.717) is 10.8 Å². The maximum atomic E-state index is 2.42. The Morgan fingerprint density at radius 2 is 1.39 bits per heavy atom. The van der Waals surface area contributed by atoms with Crippen molar-refractivity contribution < 1.29 is 0 Å². The van der Waals surface area contributed by atoms with Gasteiger partial charge < -0.3 is 0 Å². The third-order valence-electron chi connectivity index (χ3n) is 4.92. The van der Waals surface area contributed by atoms with Gasteiger partial charge in [0.05, 0.1) is 0 Å². The lowest BCUT2D eigenvalue weighted by Crippen LogP contribution is -2.47. The molecule has 18 heavy (non-hydrogen) atoms. The summed E-state index contributed by atoms with van der Waals surface area (Å²) in [6.07, 6.45) is 5.38. The summed E-state index contributed by atoms with van der Waals surface area (Å²) in [7, 11) is 0. The molecule has 0 aliphatic heterocycles. The van der Waals surface area contributed by atoms with Gasteiger partial charge in [-0.05, 0) is 58.4 Å². The van der Waals surface area contributed by atoms with Crippen molar-refractivity contribution in [3.63, 3.8) is 0 Å². The van der Waals surface area contributed by atoms with Crippen molar-refractivity contribution in [1.82, 2.24) is 0 Å². The largest absolute Gasteiger partial charge is 0.0614 e. The lowest BCUT2D eigenvalue weighted by Gasteiger charge is -2.55. The van der Waals surface area contributed by atoms with Gasteiger partial charge in [0.25, 0.3) is 0 Å². The molecule has 1 saturated carbocycles. The van der Waals surface area contributed by atoms with E-state index in [9.17, 15) is 0 Å². The fraction of sp³-hybridized carbons (Fsp3) is 0.444. The Morgan fingerprint density at radius 3 is 1.89 bits per heavy atom. The SMILES string of the molecule is CC1(C)CC2(Cc3cccc4cccc(c34)C2)C1. The zero-order valence-corrected chi connectivity index (χ0v) is 11.3. The Bertz CT molecular complexity index is 583. The molecule has 92 valence electrons. The molecule has 2 aromatic rings. The van der Waals surface area contributed by atoms with Crippen LogP contribution in [0.3, 0.4) is 0 Å². The smallest absolute Gasteiger partial charge is 0.0119 e. The Morgan fingerprint density at radius 1 is 0.833 bits per heavy atom. The van der Waals surface area contributed by atoms with Crippen LogP contribution in [0.2, 0.25) is 0 Å². The van der Waals surface area contributed by atoms with Crippen LogP contribution in [0.5, 0.6) is 0 Å². The molecule has 2 aliphatic carbocycles. The Hall–Kier alpha value is -1.30. The fourth-order valence-corrected chi connectivity index (χ4v) is 4.90. The zero-order chi connectivity index (χ0) is 12.4. The second kappa shape index (κ2) is 3.17. The topological polar surface area (TPSA) is 0 Å². The Kier molecular flexibility index (Phi) is 1.87. The van der Waals surface area contributed by atoms with Gasteiger partial charge in [-0.25, -0.2) is 0 Å². The van der Waals surface area contributed by atoms with E-state index < -0.39 is 0 Å². The van der Waals surface area contributed by atoms with Gasteiger partial charge in [0.2, 0.25) is 0 Å². The van der Waals surface area contributed by atoms with E-state index >= 15 is 0 Å². The molecule has 2 aromatic carbocycles. The number of rotatable bonds is 0. The molecule has 0 amide bonds. The van der Waals surface area contributed by atoms with Crippen molar-refractivity contribution in [2.45, 2.75) is 39.5 Å². The normalized spacial score (nSPS) is 23.0. The van der Waals surface area contributed by atoms with Gasteiger partial charge in [0.15, 0.2) is 0 Å². The number of hydrogen-bond donors (Lipinski definition) is 0. The minimum atomic E-state index is 0.570. The average Bonchev–Trinajstić information content (AvgIpc) is 2.26. The summed E-state index contributed by atoms with van der Waals surface area (Å²) < 4.78 is 0. The maximum absolute atomic E-state index is 2.42. The van der Waals surface area contributed by atoms with Crippen molar-refractivity contribution in [2.75, 3.05) is 0 Å². The molecular weight excluding hydrogens is 216 g/mol. The van der Waals surface area contributed by atoms with E-state index in [2.05, 4.69) is 50.2 Å². The van der Waals surface area contributed by atoms with Gasteiger partial charge in [-0.3, -0.25) is 0 Å². The van der Waals surface area contributed by atoms with Gasteiger partial charge in [0.1, 0.15) is 0 Å². The minimum Gasteiger partial charge on any atom is -0.0614 e. The highest BCUT2D eigenvalue weighted by atomic mass is 14.5. The van der Waals surface area contributed by atoms with Crippen molar-refractivity contribution in [3.05, 3.63) is 47.5 Å². The Balaban J connectivity index is 1.85. The zero-order valence-electron chi connectivity index (χ0n) is 11.3. The fourth-order valence-electron chi connectivity index (χ4n) is 4.90. The second-order valence-electron chi connectivity index (χ2n) is 7.30. The molecule has 1 fully saturated rings. The summed E-state index contributed by atoms with van der Waals surface area (Å²) in [6.45, 7) is 4.83. The molecule has 0 aromatic heterocycles. The first-order chi connectivity index (χ1) is 8.57. The number of benzene rings is 2. The first-order valence-corrected chi connectivity index (χ1v) is 7.07. The van der Waals surface area contributed by atoms with Crippen molar-refractivity contribution >= 4 is 10.8 Å². The van der Waals surface area contributed by atoms with Crippen LogP contribution in [0.1, 0.15) is 37.8 Å². The van der Waals surface area contributed by atoms with E-state index in [1.807, 2.05) is 0 Å². The molecule has 0 bridgehead atoms. The molecule has 4 rings (SSSR count). The third kappa shape index (κ3) is 1.38. The highest BCUT2D eigenvalue weighted by Gasteiger charge is 2.50. The lowest BCUT2D eigenvalue weighted by molar-refractivity contribution is -0.0139. The third-order valence-corrected chi connectivity index (χ3v) is 4.92. The molecule has 0 N–H and O–H groups in total. The first kappa shape index (κ1) is 10.6. The van der Waals surface area contributed by atoms with Crippen LogP contribution < -0.4 is 0 Å². The van der Waals surface area contributed by atoms with Crippen LogP contribution in [-0.2, 0) is 12.8 Å². The predicted octanol–water partition coefficient (Wildman–Crippen LogP) is 4.74.